The third-order valence-electron chi connectivity index (χ3n) is 7.34. The molecule has 4 N–H and O–H groups in total. The van der Waals surface area contributed by atoms with Crippen molar-refractivity contribution >= 4 is 11.9 Å². The number of hydrogen-bond donors (Lipinski definition) is 3. The van der Waals surface area contributed by atoms with E-state index in [0.717, 1.165) is 25.7 Å². The van der Waals surface area contributed by atoms with Crippen LogP contribution in [0.2, 0.25) is 0 Å². The molecule has 0 fully saturated rings. The van der Waals surface area contributed by atoms with E-state index in [1.807, 2.05) is 0 Å². The van der Waals surface area contributed by atoms with E-state index in [4.69, 9.17) is 5.73 Å². The number of carboxylic acids is 1. The normalized spacial score (nSPS) is 12.1. The smallest absolute Gasteiger partial charge is 0.326 e. The SMILES string of the molecule is CCCCCCCCCCCCCCCCCCCCCCCCC(=O)N[C@@H](CCCCN)C(=O)O. The third-order valence-corrected chi connectivity index (χ3v) is 7.34. The maximum Gasteiger partial charge on any atom is 0.326 e. The van der Waals surface area contributed by atoms with Gasteiger partial charge in [-0.2, -0.15) is 0 Å². The van der Waals surface area contributed by atoms with E-state index in [9.17, 15) is 14.7 Å². The largest absolute Gasteiger partial charge is 0.480 e. The number of amides is 1. The number of carbonyl (C=O) groups excluding carboxylic acids is 1. The van der Waals surface area contributed by atoms with E-state index >= 15 is 0 Å². The van der Waals surface area contributed by atoms with E-state index in [-0.39, 0.29) is 5.91 Å². The Morgan fingerprint density at radius 3 is 1.28 bits per heavy atom. The Bertz CT molecular complexity index is 484. The zero-order valence-electron chi connectivity index (χ0n) is 24.0. The lowest BCUT2D eigenvalue weighted by Crippen LogP contribution is -2.40. The van der Waals surface area contributed by atoms with Gasteiger partial charge in [0, 0.05) is 6.42 Å². The summed E-state index contributed by atoms with van der Waals surface area (Å²) in [6.07, 6.45) is 32.1. The average molecular weight is 511 g/mol. The van der Waals surface area contributed by atoms with Crippen molar-refractivity contribution in [2.24, 2.45) is 5.73 Å². The second-order valence-electron chi connectivity index (χ2n) is 10.9. The van der Waals surface area contributed by atoms with Gasteiger partial charge in [-0.05, 0) is 32.2 Å². The summed E-state index contributed by atoms with van der Waals surface area (Å²) in [5.74, 6) is -1.09. The number of aliphatic carboxylic acids is 1. The molecule has 0 heterocycles. The molecule has 1 atom stereocenters. The van der Waals surface area contributed by atoms with E-state index < -0.39 is 12.0 Å². The van der Waals surface area contributed by atoms with Crippen molar-refractivity contribution in [2.45, 2.75) is 180 Å². The number of nitrogens with two attached hydrogens (primary N) is 1. The van der Waals surface area contributed by atoms with Gasteiger partial charge in [0.05, 0.1) is 0 Å². The summed E-state index contributed by atoms with van der Waals surface area (Å²) < 4.78 is 0. The van der Waals surface area contributed by atoms with Crippen LogP contribution in [-0.2, 0) is 9.59 Å². The predicted octanol–water partition coefficient (Wildman–Crippen LogP) is 8.68. The molecule has 0 saturated heterocycles. The summed E-state index contributed by atoms with van der Waals surface area (Å²) >= 11 is 0. The van der Waals surface area contributed by atoms with Gasteiger partial charge in [-0.1, -0.05) is 142 Å². The highest BCUT2D eigenvalue weighted by molar-refractivity contribution is 5.83. The summed E-state index contributed by atoms with van der Waals surface area (Å²) in [7, 11) is 0. The molecule has 5 nitrogen and oxygen atoms in total. The van der Waals surface area contributed by atoms with Gasteiger partial charge in [-0.15, -0.1) is 0 Å². The number of nitrogens with one attached hydrogen (secondary N) is 1. The third kappa shape index (κ3) is 26.0. The fourth-order valence-corrected chi connectivity index (χ4v) is 4.91. The zero-order valence-corrected chi connectivity index (χ0v) is 24.0. The highest BCUT2D eigenvalue weighted by Gasteiger charge is 2.18. The second-order valence-corrected chi connectivity index (χ2v) is 10.9. The minimum Gasteiger partial charge on any atom is -0.480 e. The molecule has 1 amide bonds. The molecule has 214 valence electrons. The number of hydrogen-bond acceptors (Lipinski definition) is 3. The van der Waals surface area contributed by atoms with Crippen LogP contribution >= 0.6 is 0 Å². The summed E-state index contributed by atoms with van der Waals surface area (Å²) in [6, 6.07) is -0.774. The van der Waals surface area contributed by atoms with Crippen molar-refractivity contribution in [1.82, 2.24) is 5.32 Å². The van der Waals surface area contributed by atoms with Gasteiger partial charge in [0.25, 0.3) is 0 Å². The topological polar surface area (TPSA) is 92.4 Å². The summed E-state index contributed by atoms with van der Waals surface area (Å²) in [6.45, 7) is 2.84. The molecule has 0 bridgehead atoms. The Balaban J connectivity index is 3.30. The van der Waals surface area contributed by atoms with E-state index in [0.29, 0.717) is 19.4 Å². The van der Waals surface area contributed by atoms with Gasteiger partial charge in [-0.25, -0.2) is 4.79 Å². The Labute approximate surface area is 224 Å². The van der Waals surface area contributed by atoms with Crippen LogP contribution in [0.15, 0.2) is 0 Å². The van der Waals surface area contributed by atoms with Gasteiger partial charge in [0.1, 0.15) is 6.04 Å². The molecule has 0 radical (unpaired) electrons. The molecule has 0 spiro atoms. The Morgan fingerprint density at radius 2 is 0.944 bits per heavy atom. The molecule has 0 aromatic heterocycles. The van der Waals surface area contributed by atoms with Gasteiger partial charge in [-0.3, -0.25) is 4.79 Å². The first-order valence-electron chi connectivity index (χ1n) is 15.8. The Kier molecular flexibility index (Phi) is 27.6. The lowest BCUT2D eigenvalue weighted by molar-refractivity contribution is -0.142. The number of carbonyl (C=O) groups is 2. The number of unbranched alkanes of at least 4 members (excludes halogenated alkanes) is 22. The van der Waals surface area contributed by atoms with Crippen LogP contribution in [-0.4, -0.2) is 29.6 Å². The van der Waals surface area contributed by atoms with Crippen LogP contribution < -0.4 is 11.1 Å². The van der Waals surface area contributed by atoms with Crippen LogP contribution in [0.4, 0.5) is 0 Å². The van der Waals surface area contributed by atoms with Crippen LogP contribution in [0, 0.1) is 0 Å². The first-order chi connectivity index (χ1) is 17.6. The molecule has 0 aliphatic carbocycles. The highest BCUT2D eigenvalue weighted by Crippen LogP contribution is 2.15. The molecule has 5 heteroatoms. The van der Waals surface area contributed by atoms with Crippen LogP contribution in [0.3, 0.4) is 0 Å². The molecule has 0 aromatic carbocycles. The quantitative estimate of drug-likeness (QED) is 0.0877. The first-order valence-corrected chi connectivity index (χ1v) is 15.8. The van der Waals surface area contributed by atoms with Gasteiger partial charge in [0.15, 0.2) is 0 Å². The molecule has 36 heavy (non-hydrogen) atoms. The van der Waals surface area contributed by atoms with Crippen molar-refractivity contribution in [3.8, 4) is 0 Å². The fraction of sp³-hybridized carbons (Fsp3) is 0.935. The van der Waals surface area contributed by atoms with Gasteiger partial charge in [0.2, 0.25) is 5.91 Å². The van der Waals surface area contributed by atoms with Crippen molar-refractivity contribution in [2.75, 3.05) is 6.54 Å². The number of carboxylic acid groups (broad SMARTS) is 1. The zero-order chi connectivity index (χ0) is 26.5. The second kappa shape index (κ2) is 28.5. The minimum atomic E-state index is -0.950. The van der Waals surface area contributed by atoms with Gasteiger partial charge >= 0.3 is 5.97 Å². The van der Waals surface area contributed by atoms with Crippen LogP contribution in [0.1, 0.15) is 174 Å². The first kappa shape index (κ1) is 34.9. The fourth-order valence-electron chi connectivity index (χ4n) is 4.91. The lowest BCUT2D eigenvalue weighted by atomic mass is 10.0. The van der Waals surface area contributed by atoms with E-state index in [2.05, 4.69) is 12.2 Å². The maximum atomic E-state index is 12.0. The van der Waals surface area contributed by atoms with Crippen LogP contribution in [0.5, 0.6) is 0 Å². The standard InChI is InChI=1S/C31H62N2O3/c1-2-3-4-5-6-7-8-9-10-11-12-13-14-15-16-17-18-19-20-21-22-23-27-30(34)33-29(31(35)36)26-24-25-28-32/h29H,2-28,32H2,1H3,(H,33,34)(H,35,36)/t29-/m0/s1. The molecule has 0 aromatic rings. The molecule has 0 unspecified atom stereocenters. The molecule has 0 aliphatic heterocycles. The van der Waals surface area contributed by atoms with Crippen LogP contribution in [0.25, 0.3) is 0 Å². The van der Waals surface area contributed by atoms with Gasteiger partial charge < -0.3 is 16.2 Å². The molecular weight excluding hydrogens is 448 g/mol. The minimum absolute atomic E-state index is 0.136. The Morgan fingerprint density at radius 1 is 0.583 bits per heavy atom. The average Bonchev–Trinajstić information content (AvgIpc) is 2.86. The summed E-state index contributed by atoms with van der Waals surface area (Å²) in [5.41, 5.74) is 5.45. The molecule has 0 aliphatic rings. The molecule has 0 saturated carbocycles. The van der Waals surface area contributed by atoms with Crippen molar-refractivity contribution in [3.63, 3.8) is 0 Å². The van der Waals surface area contributed by atoms with Crippen molar-refractivity contribution in [1.29, 1.82) is 0 Å². The molecule has 0 rings (SSSR count). The molecular formula is C31H62N2O3. The monoisotopic (exact) mass is 510 g/mol. The lowest BCUT2D eigenvalue weighted by Gasteiger charge is -2.14. The summed E-state index contributed by atoms with van der Waals surface area (Å²) in [4.78, 5) is 23.3. The Hall–Kier alpha value is -1.10. The highest BCUT2D eigenvalue weighted by atomic mass is 16.4. The summed E-state index contributed by atoms with van der Waals surface area (Å²) in [5, 5.41) is 11.9. The van der Waals surface area contributed by atoms with Crippen molar-refractivity contribution < 1.29 is 14.7 Å². The van der Waals surface area contributed by atoms with E-state index in [1.165, 1.54) is 128 Å². The maximum absolute atomic E-state index is 12.0. The van der Waals surface area contributed by atoms with Crippen molar-refractivity contribution in [3.05, 3.63) is 0 Å². The number of rotatable bonds is 29. The van der Waals surface area contributed by atoms with E-state index in [1.54, 1.807) is 0 Å². The predicted molar refractivity (Wildman–Crippen MR) is 154 cm³/mol.